The first-order valence-electron chi connectivity index (χ1n) is 13.3. The number of fused-ring (bicyclic) bond motifs is 2. The van der Waals surface area contributed by atoms with Gasteiger partial charge in [-0.25, -0.2) is 0 Å². The number of ether oxygens (including phenoxy) is 1. The van der Waals surface area contributed by atoms with Gasteiger partial charge in [0.15, 0.2) is 0 Å². The molecule has 1 aromatic carbocycles. The van der Waals surface area contributed by atoms with Crippen molar-refractivity contribution in [2.75, 3.05) is 6.61 Å². The third kappa shape index (κ3) is 6.63. The Balaban J connectivity index is 1.82. The number of carbonyl (C=O) groups is 3. The highest BCUT2D eigenvalue weighted by Gasteiger charge is 2.59. The molecule has 3 fully saturated rings. The predicted octanol–water partition coefficient (Wildman–Crippen LogP) is 5.32. The van der Waals surface area contributed by atoms with Crippen molar-refractivity contribution in [1.29, 1.82) is 0 Å². The molecule has 10 heteroatoms. The first-order chi connectivity index (χ1) is 17.7. The highest BCUT2D eigenvalue weighted by Crippen LogP contribution is 2.64. The number of carbonyl (C=O) groups excluding carboxylic acids is 2. The van der Waals surface area contributed by atoms with Crippen LogP contribution in [0.3, 0.4) is 0 Å². The maximum atomic E-state index is 12.8. The summed E-state index contributed by atoms with van der Waals surface area (Å²) in [4.78, 5) is 50.9. The Morgan fingerprint density at radius 3 is 2.45 bits per heavy atom. The van der Waals surface area contributed by atoms with Gasteiger partial charge in [0.1, 0.15) is 17.3 Å². The molecule has 3 atom stereocenters. The van der Waals surface area contributed by atoms with Crippen LogP contribution in [0.15, 0.2) is 12.1 Å². The van der Waals surface area contributed by atoms with Gasteiger partial charge in [0, 0.05) is 23.8 Å². The quantitative estimate of drug-likeness (QED) is 0.106. The minimum atomic E-state index is -1.11. The lowest BCUT2D eigenvalue weighted by molar-refractivity contribution is -0.757. The van der Waals surface area contributed by atoms with E-state index in [2.05, 4.69) is 18.7 Å². The SMILES string of the molecule is CC(C)(CCCCCCO[N+](=O)[O-])c1cc(O)c([C@H]2CC(=O)[C@H]3C[C@H]2C3(C)C)c(OC(=O)CCC(=O)O)c1. The molecule has 0 amide bonds. The summed E-state index contributed by atoms with van der Waals surface area (Å²) < 4.78 is 5.68. The molecule has 0 heterocycles. The Bertz CT molecular complexity index is 1080. The van der Waals surface area contributed by atoms with Crippen molar-refractivity contribution in [3.8, 4) is 11.5 Å². The number of aliphatic carboxylic acids is 1. The van der Waals surface area contributed by atoms with Crippen LogP contribution in [0.5, 0.6) is 11.5 Å². The molecule has 3 aliphatic rings. The molecule has 2 bridgehead atoms. The normalized spacial score (nSPS) is 21.9. The summed E-state index contributed by atoms with van der Waals surface area (Å²) in [6.45, 7) is 8.25. The van der Waals surface area contributed by atoms with E-state index in [-0.39, 0.29) is 66.3 Å². The van der Waals surface area contributed by atoms with Crippen LogP contribution in [0, 0.1) is 27.4 Å². The van der Waals surface area contributed by atoms with E-state index in [1.165, 1.54) is 0 Å². The number of rotatable bonds is 14. The zero-order valence-electron chi connectivity index (χ0n) is 22.7. The summed E-state index contributed by atoms with van der Waals surface area (Å²) in [5.74, 6) is -1.60. The number of nitrogens with zero attached hydrogens (tertiary/aromatic N) is 1. The fraction of sp³-hybridized carbons (Fsp3) is 0.679. The van der Waals surface area contributed by atoms with Gasteiger partial charge in [0.25, 0.3) is 5.09 Å². The molecule has 0 spiro atoms. The maximum absolute atomic E-state index is 12.8. The van der Waals surface area contributed by atoms with E-state index in [9.17, 15) is 29.6 Å². The average molecular weight is 534 g/mol. The Labute approximate surface area is 222 Å². The molecule has 0 aromatic heterocycles. The molecule has 0 aliphatic heterocycles. The standard InChI is InChI=1S/C28H39NO9/c1-27(2,11-7-5-6-8-12-37-29(35)36)17-13-22(31)26(23(14-17)38-25(34)10-9-24(32)33)18-15-21(30)20-16-19(18)28(20,3)4/h13-14,18-20,31H,5-12,15-16H2,1-4H3,(H,32,33)/t18-,19+,20+/m0/s1. The van der Waals surface area contributed by atoms with Crippen molar-refractivity contribution in [1.82, 2.24) is 0 Å². The number of ketones is 1. The van der Waals surface area contributed by atoms with Crippen LogP contribution in [0.4, 0.5) is 0 Å². The van der Waals surface area contributed by atoms with Gasteiger partial charge in [-0.2, -0.15) is 0 Å². The van der Waals surface area contributed by atoms with E-state index in [1.54, 1.807) is 12.1 Å². The molecule has 1 aromatic rings. The van der Waals surface area contributed by atoms with E-state index in [0.717, 1.165) is 37.7 Å². The van der Waals surface area contributed by atoms with E-state index in [4.69, 9.17) is 9.84 Å². The van der Waals surface area contributed by atoms with Gasteiger partial charge >= 0.3 is 11.9 Å². The molecule has 3 saturated carbocycles. The van der Waals surface area contributed by atoms with Gasteiger partial charge in [-0.05, 0) is 53.7 Å². The van der Waals surface area contributed by atoms with Crippen LogP contribution >= 0.6 is 0 Å². The zero-order chi connectivity index (χ0) is 28.3. The Morgan fingerprint density at radius 1 is 1.16 bits per heavy atom. The highest BCUT2D eigenvalue weighted by atomic mass is 16.9. The molecule has 0 saturated heterocycles. The Morgan fingerprint density at radius 2 is 1.84 bits per heavy atom. The number of hydrogen-bond acceptors (Lipinski definition) is 8. The largest absolute Gasteiger partial charge is 0.508 e. The van der Waals surface area contributed by atoms with Crippen molar-refractivity contribution < 1.29 is 39.3 Å². The van der Waals surface area contributed by atoms with Crippen molar-refractivity contribution in [2.45, 2.75) is 96.8 Å². The first kappa shape index (κ1) is 29.4. The molecule has 10 nitrogen and oxygen atoms in total. The van der Waals surface area contributed by atoms with E-state index in [0.29, 0.717) is 12.0 Å². The monoisotopic (exact) mass is 533 g/mol. The second-order valence-corrected chi connectivity index (χ2v) is 11.9. The molecule has 4 rings (SSSR count). The highest BCUT2D eigenvalue weighted by molar-refractivity contribution is 5.86. The first-order valence-corrected chi connectivity index (χ1v) is 13.3. The maximum Gasteiger partial charge on any atom is 0.311 e. The second kappa shape index (κ2) is 11.7. The summed E-state index contributed by atoms with van der Waals surface area (Å²) in [7, 11) is 0. The van der Waals surface area contributed by atoms with Crippen molar-refractivity contribution in [3.63, 3.8) is 0 Å². The van der Waals surface area contributed by atoms with E-state index >= 15 is 0 Å². The van der Waals surface area contributed by atoms with Crippen molar-refractivity contribution in [2.24, 2.45) is 17.3 Å². The molecule has 3 aliphatic carbocycles. The fourth-order valence-electron chi connectivity index (χ4n) is 6.14. The summed E-state index contributed by atoms with van der Waals surface area (Å²) >= 11 is 0. The third-order valence-electron chi connectivity index (χ3n) is 8.57. The van der Waals surface area contributed by atoms with Gasteiger partial charge in [-0.3, -0.25) is 14.4 Å². The average Bonchev–Trinajstić information content (AvgIpc) is 2.80. The van der Waals surface area contributed by atoms with Crippen LogP contribution in [-0.2, 0) is 24.6 Å². The Hall–Kier alpha value is -3.17. The van der Waals surface area contributed by atoms with Crippen LogP contribution < -0.4 is 4.74 Å². The van der Waals surface area contributed by atoms with E-state index < -0.39 is 22.4 Å². The number of phenolic OH excluding ortho intramolecular Hbond substituents is 1. The number of hydrogen-bond donors (Lipinski definition) is 2. The number of Topliss-reactive ketones (excluding diaryl/α,β-unsaturated/α-hetero) is 1. The van der Waals surface area contributed by atoms with E-state index in [1.807, 2.05) is 13.8 Å². The molecular weight excluding hydrogens is 494 g/mol. The summed E-state index contributed by atoms with van der Waals surface area (Å²) in [5.41, 5.74) is 0.617. The Kier molecular flexibility index (Phi) is 9.05. The zero-order valence-corrected chi connectivity index (χ0v) is 22.7. The number of esters is 1. The van der Waals surface area contributed by atoms with Gasteiger partial charge in [0.05, 0.1) is 19.4 Å². The molecule has 0 unspecified atom stereocenters. The minimum absolute atomic E-state index is 0.0109. The topological polar surface area (TPSA) is 153 Å². The fourth-order valence-corrected chi connectivity index (χ4v) is 6.14. The lowest BCUT2D eigenvalue weighted by atomic mass is 9.44. The van der Waals surface area contributed by atoms with Crippen molar-refractivity contribution in [3.05, 3.63) is 33.4 Å². The smallest absolute Gasteiger partial charge is 0.311 e. The van der Waals surface area contributed by atoms with Gasteiger partial charge in [-0.15, -0.1) is 10.1 Å². The number of carboxylic acid groups (broad SMARTS) is 1. The summed E-state index contributed by atoms with van der Waals surface area (Å²) in [5, 5.41) is 29.7. The molecule has 38 heavy (non-hydrogen) atoms. The van der Waals surface area contributed by atoms with Crippen molar-refractivity contribution >= 4 is 17.7 Å². The molecule has 2 N–H and O–H groups in total. The summed E-state index contributed by atoms with van der Waals surface area (Å²) in [6, 6.07) is 3.44. The minimum Gasteiger partial charge on any atom is -0.508 e. The van der Waals surface area contributed by atoms with Crippen LogP contribution in [0.25, 0.3) is 0 Å². The number of benzene rings is 1. The third-order valence-corrected chi connectivity index (χ3v) is 8.57. The lowest BCUT2D eigenvalue weighted by Crippen LogP contribution is -2.56. The lowest BCUT2D eigenvalue weighted by Gasteiger charge is -2.59. The number of unbranched alkanes of at least 4 members (excludes halogenated alkanes) is 3. The van der Waals surface area contributed by atoms with Gasteiger partial charge < -0.3 is 19.8 Å². The number of phenols is 1. The second-order valence-electron chi connectivity index (χ2n) is 11.9. The van der Waals surface area contributed by atoms with Gasteiger partial charge in [0.2, 0.25) is 0 Å². The van der Waals surface area contributed by atoms with Crippen LogP contribution in [0.2, 0.25) is 0 Å². The molecular formula is C28H39NO9. The number of aromatic hydroxyl groups is 1. The van der Waals surface area contributed by atoms with Crippen LogP contribution in [-0.4, -0.2) is 39.6 Å². The van der Waals surface area contributed by atoms with Gasteiger partial charge in [-0.1, -0.05) is 47.0 Å². The molecule has 0 radical (unpaired) electrons. The summed E-state index contributed by atoms with van der Waals surface area (Å²) in [6.07, 6.45) is 4.18. The number of carboxylic acids is 1. The molecule has 210 valence electrons. The van der Waals surface area contributed by atoms with Crippen LogP contribution in [0.1, 0.15) is 103 Å². The predicted molar refractivity (Wildman–Crippen MR) is 137 cm³/mol.